The van der Waals surface area contributed by atoms with Crippen LogP contribution in [0.5, 0.6) is 0 Å². The van der Waals surface area contributed by atoms with E-state index in [-0.39, 0.29) is 0 Å². The van der Waals surface area contributed by atoms with Gasteiger partial charge in [0, 0.05) is 5.02 Å². The number of benzene rings is 2. The highest BCUT2D eigenvalue weighted by Crippen LogP contribution is 2.30. The van der Waals surface area contributed by atoms with Crippen LogP contribution in [-0.4, -0.2) is 24.3 Å². The van der Waals surface area contributed by atoms with Gasteiger partial charge in [-0.05, 0) is 30.3 Å². The molecule has 0 aliphatic heterocycles. The second kappa shape index (κ2) is 5.12. The zero-order chi connectivity index (χ0) is 15.1. The van der Waals surface area contributed by atoms with Gasteiger partial charge in [-0.1, -0.05) is 35.3 Å². The highest BCUT2D eigenvalue weighted by Gasteiger charge is 2.16. The SMILES string of the molecule is Clc1ccc(-n2c(-n3cncn3)nc3ccccc32)c(Cl)c1. The Balaban J connectivity index is 2.08. The highest BCUT2D eigenvalue weighted by atomic mass is 35.5. The quantitative estimate of drug-likeness (QED) is 0.560. The average molecular weight is 330 g/mol. The first-order valence-electron chi connectivity index (χ1n) is 6.52. The first-order valence-corrected chi connectivity index (χ1v) is 7.27. The summed E-state index contributed by atoms with van der Waals surface area (Å²) >= 11 is 12.4. The van der Waals surface area contributed by atoms with Crippen molar-refractivity contribution in [2.75, 3.05) is 0 Å². The summed E-state index contributed by atoms with van der Waals surface area (Å²) in [5.41, 5.74) is 2.56. The minimum Gasteiger partial charge on any atom is -0.275 e. The summed E-state index contributed by atoms with van der Waals surface area (Å²) in [7, 11) is 0. The molecule has 2 aromatic heterocycles. The van der Waals surface area contributed by atoms with E-state index in [1.165, 1.54) is 6.33 Å². The van der Waals surface area contributed by atoms with Gasteiger partial charge in [0.2, 0.25) is 5.95 Å². The van der Waals surface area contributed by atoms with Crippen molar-refractivity contribution in [3.8, 4) is 11.6 Å². The zero-order valence-electron chi connectivity index (χ0n) is 11.2. The van der Waals surface area contributed by atoms with E-state index < -0.39 is 0 Å². The van der Waals surface area contributed by atoms with Gasteiger partial charge in [-0.25, -0.2) is 9.97 Å². The molecule has 2 heterocycles. The third kappa shape index (κ3) is 2.06. The molecule has 0 unspecified atom stereocenters. The average Bonchev–Trinajstić information content (AvgIpc) is 3.14. The lowest BCUT2D eigenvalue weighted by molar-refractivity contribution is 0.794. The van der Waals surface area contributed by atoms with Crippen LogP contribution >= 0.6 is 23.2 Å². The van der Waals surface area contributed by atoms with E-state index in [1.54, 1.807) is 23.1 Å². The molecular formula is C15H9Cl2N5. The molecule has 0 radical (unpaired) electrons. The van der Waals surface area contributed by atoms with E-state index in [0.717, 1.165) is 16.7 Å². The summed E-state index contributed by atoms with van der Waals surface area (Å²) in [6, 6.07) is 13.2. The number of para-hydroxylation sites is 2. The smallest absolute Gasteiger partial charge is 0.238 e. The van der Waals surface area contributed by atoms with Crippen LogP contribution in [0.1, 0.15) is 0 Å². The standard InChI is InChI=1S/C15H9Cl2N5/c16-10-5-6-13(11(17)7-10)22-14-4-2-1-3-12(14)20-15(22)21-9-18-8-19-21/h1-9H. The molecule has 7 heteroatoms. The Hall–Kier alpha value is -2.37. The van der Waals surface area contributed by atoms with Crippen molar-refractivity contribution in [1.29, 1.82) is 0 Å². The topological polar surface area (TPSA) is 48.5 Å². The fourth-order valence-electron chi connectivity index (χ4n) is 2.38. The second-order valence-electron chi connectivity index (χ2n) is 4.67. The Bertz CT molecular complexity index is 959. The van der Waals surface area contributed by atoms with Gasteiger partial charge in [-0.3, -0.25) is 4.57 Å². The number of halogens is 2. The van der Waals surface area contributed by atoms with E-state index in [4.69, 9.17) is 23.2 Å². The molecule has 2 aromatic carbocycles. The Morgan fingerprint density at radius 1 is 1.00 bits per heavy atom. The van der Waals surface area contributed by atoms with E-state index in [2.05, 4.69) is 15.1 Å². The Morgan fingerprint density at radius 3 is 2.64 bits per heavy atom. The lowest BCUT2D eigenvalue weighted by atomic mass is 10.3. The molecule has 0 saturated heterocycles. The van der Waals surface area contributed by atoms with Crippen molar-refractivity contribution < 1.29 is 0 Å². The van der Waals surface area contributed by atoms with Crippen LogP contribution in [0.3, 0.4) is 0 Å². The van der Waals surface area contributed by atoms with Gasteiger partial charge in [-0.15, -0.1) is 0 Å². The van der Waals surface area contributed by atoms with Crippen molar-refractivity contribution in [2.45, 2.75) is 0 Å². The van der Waals surface area contributed by atoms with E-state index >= 15 is 0 Å². The Labute approximate surface area is 135 Å². The Kier molecular flexibility index (Phi) is 3.10. The maximum Gasteiger partial charge on any atom is 0.238 e. The van der Waals surface area contributed by atoms with Gasteiger partial charge in [0.1, 0.15) is 12.7 Å². The third-order valence-corrected chi connectivity index (χ3v) is 3.86. The summed E-state index contributed by atoms with van der Waals surface area (Å²) in [6.45, 7) is 0. The number of hydrogen-bond acceptors (Lipinski definition) is 3. The molecule has 5 nitrogen and oxygen atoms in total. The van der Waals surface area contributed by atoms with Gasteiger partial charge in [-0.2, -0.15) is 9.78 Å². The molecule has 4 rings (SSSR count). The minimum absolute atomic E-state index is 0.539. The molecule has 0 amide bonds. The molecule has 0 spiro atoms. The van der Waals surface area contributed by atoms with Crippen molar-refractivity contribution in [3.05, 3.63) is 65.2 Å². The monoisotopic (exact) mass is 329 g/mol. The van der Waals surface area contributed by atoms with Crippen LogP contribution in [0.25, 0.3) is 22.7 Å². The number of imidazole rings is 1. The molecule has 108 valence electrons. The minimum atomic E-state index is 0.539. The van der Waals surface area contributed by atoms with Crippen LogP contribution in [0, 0.1) is 0 Å². The highest BCUT2D eigenvalue weighted by molar-refractivity contribution is 6.35. The van der Waals surface area contributed by atoms with Crippen molar-refractivity contribution in [1.82, 2.24) is 24.3 Å². The normalized spacial score (nSPS) is 11.2. The van der Waals surface area contributed by atoms with Gasteiger partial charge in [0.05, 0.1) is 21.7 Å². The number of fused-ring (bicyclic) bond motifs is 1. The molecule has 0 aliphatic rings. The lowest BCUT2D eigenvalue weighted by Gasteiger charge is -2.10. The maximum atomic E-state index is 6.38. The fraction of sp³-hybridized carbons (Fsp3) is 0. The largest absolute Gasteiger partial charge is 0.275 e. The fourth-order valence-corrected chi connectivity index (χ4v) is 2.87. The summed E-state index contributed by atoms with van der Waals surface area (Å²) in [6.07, 6.45) is 3.06. The van der Waals surface area contributed by atoms with Gasteiger partial charge < -0.3 is 0 Å². The summed E-state index contributed by atoms with van der Waals surface area (Å²) < 4.78 is 3.54. The van der Waals surface area contributed by atoms with Crippen molar-refractivity contribution in [2.24, 2.45) is 0 Å². The van der Waals surface area contributed by atoms with Crippen LogP contribution in [-0.2, 0) is 0 Å². The summed E-state index contributed by atoms with van der Waals surface area (Å²) in [5.74, 6) is 0.614. The predicted molar refractivity (Wildman–Crippen MR) is 86.0 cm³/mol. The molecule has 0 bridgehead atoms. The lowest BCUT2D eigenvalue weighted by Crippen LogP contribution is -2.06. The van der Waals surface area contributed by atoms with E-state index in [1.807, 2.05) is 34.9 Å². The van der Waals surface area contributed by atoms with Crippen molar-refractivity contribution >= 4 is 34.2 Å². The maximum absolute atomic E-state index is 6.38. The molecule has 22 heavy (non-hydrogen) atoms. The van der Waals surface area contributed by atoms with Crippen molar-refractivity contribution in [3.63, 3.8) is 0 Å². The van der Waals surface area contributed by atoms with Crippen LogP contribution in [0.4, 0.5) is 0 Å². The van der Waals surface area contributed by atoms with E-state index in [9.17, 15) is 0 Å². The van der Waals surface area contributed by atoms with Crippen LogP contribution in [0.15, 0.2) is 55.1 Å². The summed E-state index contributed by atoms with van der Waals surface area (Å²) in [5, 5.41) is 5.29. The number of rotatable bonds is 2. The van der Waals surface area contributed by atoms with Gasteiger partial charge in [0.25, 0.3) is 0 Å². The number of nitrogens with zero attached hydrogens (tertiary/aromatic N) is 5. The molecule has 4 aromatic rings. The van der Waals surface area contributed by atoms with E-state index in [0.29, 0.717) is 16.0 Å². The Morgan fingerprint density at radius 2 is 1.86 bits per heavy atom. The molecule has 0 saturated carbocycles. The van der Waals surface area contributed by atoms with Crippen LogP contribution in [0.2, 0.25) is 10.0 Å². The molecule has 0 atom stereocenters. The van der Waals surface area contributed by atoms with Crippen LogP contribution < -0.4 is 0 Å². The molecule has 0 aliphatic carbocycles. The number of hydrogen-bond donors (Lipinski definition) is 0. The molecule has 0 fully saturated rings. The third-order valence-electron chi connectivity index (χ3n) is 3.32. The first kappa shape index (κ1) is 13.3. The predicted octanol–water partition coefficient (Wildman–Crippen LogP) is 3.91. The summed E-state index contributed by atoms with van der Waals surface area (Å²) in [4.78, 5) is 8.61. The zero-order valence-corrected chi connectivity index (χ0v) is 12.7. The van der Waals surface area contributed by atoms with Gasteiger partial charge >= 0.3 is 0 Å². The number of aromatic nitrogens is 5. The second-order valence-corrected chi connectivity index (χ2v) is 5.52. The molecular weight excluding hydrogens is 321 g/mol. The van der Waals surface area contributed by atoms with Gasteiger partial charge in [0.15, 0.2) is 0 Å². The first-order chi connectivity index (χ1) is 10.7. The molecule has 0 N–H and O–H groups in total.